The standard InChI is InChI=1S/C26H23ClN2O3/c27-19-8-9-22-24(14-19)32-16-18-4-1-2-6-21(18)25(22)17-10-12-29(13-11-17)15-20-5-3-7-23(28-20)26(30)31/h1-9,14H,10-13,15-16H2,(H,30,31). The quantitative estimate of drug-likeness (QED) is 0.581. The zero-order valence-corrected chi connectivity index (χ0v) is 18.3. The molecule has 0 bridgehead atoms. The normalized spacial score (nSPS) is 16.0. The SMILES string of the molecule is O=C(O)c1cccc(CN2CCC(=C3c4ccccc4COc4cc(Cl)ccc43)CC2)n1. The minimum absolute atomic E-state index is 0.0904. The maximum absolute atomic E-state index is 11.2. The molecule has 0 unspecified atom stereocenters. The van der Waals surface area contributed by atoms with E-state index < -0.39 is 5.97 Å². The van der Waals surface area contributed by atoms with Crippen molar-refractivity contribution in [3.8, 4) is 5.75 Å². The topological polar surface area (TPSA) is 62.7 Å². The van der Waals surface area contributed by atoms with Gasteiger partial charge in [-0.2, -0.15) is 0 Å². The molecule has 2 aliphatic heterocycles. The Morgan fingerprint density at radius 1 is 1.03 bits per heavy atom. The highest BCUT2D eigenvalue weighted by atomic mass is 35.5. The van der Waals surface area contributed by atoms with Crippen LogP contribution >= 0.6 is 11.6 Å². The monoisotopic (exact) mass is 446 g/mol. The van der Waals surface area contributed by atoms with Crippen LogP contribution in [0, 0.1) is 0 Å². The Morgan fingerprint density at radius 2 is 1.84 bits per heavy atom. The van der Waals surface area contributed by atoms with Crippen molar-refractivity contribution in [2.45, 2.75) is 26.0 Å². The van der Waals surface area contributed by atoms with Crippen LogP contribution in [0.3, 0.4) is 0 Å². The Bertz CT molecular complexity index is 1210. The van der Waals surface area contributed by atoms with Crippen molar-refractivity contribution in [3.63, 3.8) is 0 Å². The van der Waals surface area contributed by atoms with Gasteiger partial charge >= 0.3 is 5.97 Å². The highest BCUT2D eigenvalue weighted by molar-refractivity contribution is 6.30. The number of aromatic carboxylic acids is 1. The number of ether oxygens (including phenoxy) is 1. The number of halogens is 1. The van der Waals surface area contributed by atoms with Gasteiger partial charge in [-0.3, -0.25) is 4.90 Å². The highest BCUT2D eigenvalue weighted by Crippen LogP contribution is 2.41. The summed E-state index contributed by atoms with van der Waals surface area (Å²) >= 11 is 6.26. The van der Waals surface area contributed by atoms with Crippen LogP contribution in [-0.4, -0.2) is 34.0 Å². The molecule has 32 heavy (non-hydrogen) atoms. The number of likely N-dealkylation sites (tertiary alicyclic amines) is 1. The van der Waals surface area contributed by atoms with Gasteiger partial charge in [0, 0.05) is 30.2 Å². The Hall–Kier alpha value is -3.15. The zero-order valence-electron chi connectivity index (χ0n) is 17.6. The fraction of sp³-hybridized carbons (Fsp3) is 0.231. The molecular weight excluding hydrogens is 424 g/mol. The molecule has 3 aromatic rings. The van der Waals surface area contributed by atoms with E-state index >= 15 is 0 Å². The molecule has 0 radical (unpaired) electrons. The van der Waals surface area contributed by atoms with Crippen LogP contribution in [0.5, 0.6) is 5.75 Å². The molecule has 2 aliphatic rings. The molecule has 0 atom stereocenters. The van der Waals surface area contributed by atoms with Crippen molar-refractivity contribution < 1.29 is 14.6 Å². The summed E-state index contributed by atoms with van der Waals surface area (Å²) in [6, 6.07) is 19.5. The van der Waals surface area contributed by atoms with E-state index in [0.29, 0.717) is 18.2 Å². The number of benzene rings is 2. The molecule has 0 aliphatic carbocycles. The first-order valence-corrected chi connectivity index (χ1v) is 11.1. The van der Waals surface area contributed by atoms with Crippen LogP contribution in [0.15, 0.2) is 66.2 Å². The zero-order chi connectivity index (χ0) is 22.1. The fourth-order valence-electron chi connectivity index (χ4n) is 4.54. The third-order valence-corrected chi connectivity index (χ3v) is 6.34. The van der Waals surface area contributed by atoms with E-state index in [1.165, 1.54) is 28.3 Å². The first-order chi connectivity index (χ1) is 15.6. The number of piperidine rings is 1. The number of carboxylic acids is 1. The van der Waals surface area contributed by atoms with Crippen molar-refractivity contribution in [1.82, 2.24) is 9.88 Å². The van der Waals surface area contributed by atoms with Gasteiger partial charge in [0.2, 0.25) is 0 Å². The summed E-state index contributed by atoms with van der Waals surface area (Å²) in [5.74, 6) is -0.168. The van der Waals surface area contributed by atoms with Crippen LogP contribution in [0.25, 0.3) is 5.57 Å². The molecule has 0 saturated carbocycles. The van der Waals surface area contributed by atoms with Gasteiger partial charge in [0.25, 0.3) is 0 Å². The Morgan fingerprint density at radius 3 is 2.66 bits per heavy atom. The van der Waals surface area contributed by atoms with Crippen molar-refractivity contribution >= 4 is 23.1 Å². The van der Waals surface area contributed by atoms with Crippen molar-refractivity contribution in [2.24, 2.45) is 0 Å². The molecule has 1 fully saturated rings. The second-order valence-electron chi connectivity index (χ2n) is 8.16. The number of carbonyl (C=O) groups is 1. The van der Waals surface area contributed by atoms with E-state index in [2.05, 4.69) is 34.1 Å². The van der Waals surface area contributed by atoms with Gasteiger partial charge in [-0.15, -0.1) is 0 Å². The lowest BCUT2D eigenvalue weighted by Crippen LogP contribution is -2.31. The van der Waals surface area contributed by atoms with Crippen molar-refractivity contribution in [2.75, 3.05) is 13.1 Å². The number of hydrogen-bond donors (Lipinski definition) is 1. The summed E-state index contributed by atoms with van der Waals surface area (Å²) in [7, 11) is 0. The van der Waals surface area contributed by atoms with E-state index in [9.17, 15) is 9.90 Å². The van der Waals surface area contributed by atoms with Gasteiger partial charge in [0.15, 0.2) is 0 Å². The lowest BCUT2D eigenvalue weighted by Gasteiger charge is -2.30. The van der Waals surface area contributed by atoms with E-state index in [4.69, 9.17) is 16.3 Å². The molecule has 2 aromatic carbocycles. The Kier molecular flexibility index (Phi) is 5.68. The summed E-state index contributed by atoms with van der Waals surface area (Å²) < 4.78 is 6.12. The van der Waals surface area contributed by atoms with Crippen LogP contribution < -0.4 is 4.74 Å². The van der Waals surface area contributed by atoms with Crippen LogP contribution in [0.1, 0.15) is 45.7 Å². The molecule has 1 N–H and O–H groups in total. The minimum Gasteiger partial charge on any atom is -0.488 e. The van der Waals surface area contributed by atoms with Gasteiger partial charge in [-0.1, -0.05) is 47.5 Å². The molecule has 1 aromatic heterocycles. The molecule has 0 amide bonds. The maximum Gasteiger partial charge on any atom is 0.354 e. The smallest absolute Gasteiger partial charge is 0.354 e. The molecule has 6 heteroatoms. The van der Waals surface area contributed by atoms with Crippen LogP contribution in [0.4, 0.5) is 0 Å². The Labute approximate surface area is 191 Å². The largest absolute Gasteiger partial charge is 0.488 e. The molecule has 162 valence electrons. The lowest BCUT2D eigenvalue weighted by molar-refractivity contribution is 0.0690. The number of nitrogens with zero attached hydrogens (tertiary/aromatic N) is 2. The number of carboxylic acid groups (broad SMARTS) is 1. The predicted octanol–water partition coefficient (Wildman–Crippen LogP) is 5.42. The predicted molar refractivity (Wildman–Crippen MR) is 124 cm³/mol. The van der Waals surface area contributed by atoms with E-state index in [1.807, 2.05) is 24.3 Å². The third kappa shape index (κ3) is 4.14. The minimum atomic E-state index is -0.995. The van der Waals surface area contributed by atoms with Gasteiger partial charge < -0.3 is 9.84 Å². The first kappa shape index (κ1) is 20.7. The number of fused-ring (bicyclic) bond motifs is 2. The molecule has 5 nitrogen and oxygen atoms in total. The summed E-state index contributed by atoms with van der Waals surface area (Å²) in [5.41, 5.74) is 7.05. The van der Waals surface area contributed by atoms with Gasteiger partial charge in [-0.25, -0.2) is 9.78 Å². The number of aromatic nitrogens is 1. The number of pyridine rings is 1. The number of rotatable bonds is 3. The van der Waals surface area contributed by atoms with Gasteiger partial charge in [0.05, 0.1) is 5.69 Å². The molecular formula is C26H23ClN2O3. The molecule has 3 heterocycles. The van der Waals surface area contributed by atoms with E-state index in [1.54, 1.807) is 6.07 Å². The molecule has 1 saturated heterocycles. The lowest BCUT2D eigenvalue weighted by atomic mass is 9.86. The fourth-order valence-corrected chi connectivity index (χ4v) is 4.70. The van der Waals surface area contributed by atoms with E-state index in [0.717, 1.165) is 42.9 Å². The summed E-state index contributed by atoms with van der Waals surface area (Å²) in [5, 5.41) is 9.86. The van der Waals surface area contributed by atoms with Crippen LogP contribution in [0.2, 0.25) is 5.02 Å². The third-order valence-electron chi connectivity index (χ3n) is 6.11. The average Bonchev–Trinajstić information content (AvgIpc) is 2.96. The summed E-state index contributed by atoms with van der Waals surface area (Å²) in [6.45, 7) is 2.96. The average molecular weight is 447 g/mol. The molecule has 0 spiro atoms. The summed E-state index contributed by atoms with van der Waals surface area (Å²) in [6.07, 6.45) is 1.87. The summed E-state index contributed by atoms with van der Waals surface area (Å²) in [4.78, 5) is 17.8. The maximum atomic E-state index is 11.2. The van der Waals surface area contributed by atoms with Gasteiger partial charge in [0.1, 0.15) is 18.1 Å². The second-order valence-corrected chi connectivity index (χ2v) is 8.60. The van der Waals surface area contributed by atoms with Crippen molar-refractivity contribution in [1.29, 1.82) is 0 Å². The van der Waals surface area contributed by atoms with Gasteiger partial charge in [-0.05, 0) is 59.9 Å². The second kappa shape index (κ2) is 8.77. The first-order valence-electron chi connectivity index (χ1n) is 10.7. The van der Waals surface area contributed by atoms with Crippen LogP contribution in [-0.2, 0) is 13.2 Å². The number of hydrogen-bond acceptors (Lipinski definition) is 4. The Balaban J connectivity index is 1.44. The van der Waals surface area contributed by atoms with Crippen molar-refractivity contribution in [3.05, 3.63) is 99.3 Å². The molecule has 5 rings (SSSR count). The highest BCUT2D eigenvalue weighted by Gasteiger charge is 2.25. The van der Waals surface area contributed by atoms with E-state index in [-0.39, 0.29) is 5.69 Å².